The van der Waals surface area contributed by atoms with E-state index in [1.54, 1.807) is 32.0 Å². The molecule has 0 aromatic heterocycles. The molecule has 12 nitrogen and oxygen atoms in total. The van der Waals surface area contributed by atoms with E-state index in [9.17, 15) is 39.6 Å². The second-order valence-corrected chi connectivity index (χ2v) is 12.7. The highest BCUT2D eigenvalue weighted by molar-refractivity contribution is 5.96. The Morgan fingerprint density at radius 1 is 1.05 bits per heavy atom. The first-order valence-electron chi connectivity index (χ1n) is 14.3. The number of carbonyl (C=O) groups excluding carboxylic acids is 4. The summed E-state index contributed by atoms with van der Waals surface area (Å²) in [6, 6.07) is 7.87. The predicted octanol–water partition coefficient (Wildman–Crippen LogP) is 0.625. The van der Waals surface area contributed by atoms with E-state index in [-0.39, 0.29) is 29.7 Å². The van der Waals surface area contributed by atoms with E-state index in [1.165, 1.54) is 19.1 Å². The average molecular weight is 603 g/mol. The first-order chi connectivity index (χ1) is 20.1. The summed E-state index contributed by atoms with van der Waals surface area (Å²) in [5.41, 5.74) is -7.37. The van der Waals surface area contributed by atoms with Crippen molar-refractivity contribution in [1.82, 2.24) is 0 Å². The number of hydrogen-bond donors (Lipinski definition) is 4. The number of carbonyl (C=O) groups is 4. The third-order valence-electron chi connectivity index (χ3n) is 10.2. The molecule has 1 aromatic rings. The lowest BCUT2D eigenvalue weighted by molar-refractivity contribution is -0.350. The van der Waals surface area contributed by atoms with E-state index in [0.29, 0.717) is 0 Å². The van der Waals surface area contributed by atoms with Crippen molar-refractivity contribution >= 4 is 23.7 Å². The van der Waals surface area contributed by atoms with Crippen molar-refractivity contribution in [3.63, 3.8) is 0 Å². The number of aliphatic hydroxyl groups is 4. The zero-order valence-corrected chi connectivity index (χ0v) is 24.7. The molecule has 12 heteroatoms. The Bertz CT molecular complexity index is 1370. The molecule has 1 saturated heterocycles. The van der Waals surface area contributed by atoms with Crippen LogP contribution in [0.3, 0.4) is 0 Å². The normalized spacial score (nSPS) is 39.7. The van der Waals surface area contributed by atoms with Gasteiger partial charge >= 0.3 is 17.9 Å². The average Bonchev–Trinajstić information content (AvgIpc) is 2.93. The molecule has 1 aromatic carbocycles. The maximum Gasteiger partial charge on any atom is 0.338 e. The number of esters is 3. The van der Waals surface area contributed by atoms with Crippen LogP contribution in [-0.2, 0) is 33.3 Å². The predicted molar refractivity (Wildman–Crippen MR) is 146 cm³/mol. The summed E-state index contributed by atoms with van der Waals surface area (Å²) in [7, 11) is 0. The minimum absolute atomic E-state index is 0.0571. The first kappa shape index (κ1) is 31.3. The zero-order chi connectivity index (χ0) is 31.7. The Balaban J connectivity index is 1.87. The first-order valence-corrected chi connectivity index (χ1v) is 14.3. The second-order valence-electron chi connectivity index (χ2n) is 12.7. The van der Waals surface area contributed by atoms with Gasteiger partial charge in [-0.3, -0.25) is 14.4 Å². The summed E-state index contributed by atoms with van der Waals surface area (Å²) in [5, 5.41) is 47.0. The molecule has 2 saturated carbocycles. The van der Waals surface area contributed by atoms with E-state index >= 15 is 0 Å². The van der Waals surface area contributed by atoms with Crippen molar-refractivity contribution in [2.45, 2.75) is 89.2 Å². The van der Waals surface area contributed by atoms with Crippen LogP contribution in [0.25, 0.3) is 0 Å². The van der Waals surface area contributed by atoms with Crippen molar-refractivity contribution in [3.05, 3.63) is 47.0 Å². The molecule has 0 amide bonds. The van der Waals surface area contributed by atoms with Crippen molar-refractivity contribution in [3.8, 4) is 0 Å². The lowest BCUT2D eigenvalue weighted by Crippen LogP contribution is -2.83. The Hall–Kier alpha value is -3.16. The number of Topliss-reactive ketones (excluding diaryl/α,β-unsaturated/α-hetero) is 1. The van der Waals surface area contributed by atoms with E-state index < -0.39 is 95.2 Å². The molecule has 4 aliphatic rings. The molecule has 3 aliphatic carbocycles. The summed E-state index contributed by atoms with van der Waals surface area (Å²) in [6.45, 7) is 5.56. The summed E-state index contributed by atoms with van der Waals surface area (Å²) in [6.07, 6.45) is -8.21. The van der Waals surface area contributed by atoms with Gasteiger partial charge in [-0.1, -0.05) is 32.0 Å². The molecule has 9 atom stereocenters. The molecular weight excluding hydrogens is 564 g/mol. The fraction of sp³-hybridized carbons (Fsp3) is 0.613. The molecule has 0 unspecified atom stereocenters. The number of benzene rings is 1. The lowest BCUT2D eigenvalue weighted by Gasteiger charge is -2.67. The highest BCUT2D eigenvalue weighted by atomic mass is 16.6. The minimum Gasteiger partial charge on any atom is -0.455 e. The van der Waals surface area contributed by atoms with Crippen LogP contribution in [0.2, 0.25) is 0 Å². The zero-order valence-electron chi connectivity index (χ0n) is 24.7. The topological polar surface area (TPSA) is 186 Å². The van der Waals surface area contributed by atoms with Gasteiger partial charge in [-0.25, -0.2) is 4.79 Å². The van der Waals surface area contributed by atoms with Gasteiger partial charge in [0.15, 0.2) is 17.5 Å². The number of ketones is 1. The molecule has 0 radical (unpaired) electrons. The molecule has 1 aliphatic heterocycles. The van der Waals surface area contributed by atoms with Crippen LogP contribution in [0.5, 0.6) is 0 Å². The smallest absolute Gasteiger partial charge is 0.338 e. The fourth-order valence-corrected chi connectivity index (χ4v) is 8.00. The quantitative estimate of drug-likeness (QED) is 0.210. The van der Waals surface area contributed by atoms with Gasteiger partial charge in [-0.2, -0.15) is 0 Å². The van der Waals surface area contributed by atoms with Crippen molar-refractivity contribution in [1.29, 1.82) is 0 Å². The van der Waals surface area contributed by atoms with Crippen LogP contribution in [0.1, 0.15) is 57.8 Å². The Morgan fingerprint density at radius 2 is 1.70 bits per heavy atom. The number of rotatable bonds is 5. The monoisotopic (exact) mass is 602 g/mol. The van der Waals surface area contributed by atoms with Gasteiger partial charge in [0.1, 0.15) is 17.8 Å². The number of aliphatic hydroxyl groups excluding tert-OH is 3. The van der Waals surface area contributed by atoms with Gasteiger partial charge in [-0.15, -0.1) is 0 Å². The van der Waals surface area contributed by atoms with Crippen LogP contribution >= 0.6 is 0 Å². The third kappa shape index (κ3) is 4.29. The summed E-state index contributed by atoms with van der Waals surface area (Å²) >= 11 is 0. The number of ether oxygens (including phenoxy) is 4. The molecule has 3 fully saturated rings. The van der Waals surface area contributed by atoms with Gasteiger partial charge in [0, 0.05) is 32.1 Å². The van der Waals surface area contributed by atoms with Crippen LogP contribution in [0.4, 0.5) is 0 Å². The molecule has 4 N–H and O–H groups in total. The molecule has 2 bridgehead atoms. The van der Waals surface area contributed by atoms with Gasteiger partial charge in [0.25, 0.3) is 0 Å². The van der Waals surface area contributed by atoms with E-state index in [1.807, 2.05) is 0 Å². The SMILES string of the molecule is CC(=O)O[C@H]1C(=O)[C@@]2(CO)[C@H]([C@H](OC(=O)c3ccccc3)[C@@]3(O)C[C@@H](O)C(C)=C1C3(C)C)[C@]1(OC(C)=O)CO[C@@H]1C[C@@H]2O. The van der Waals surface area contributed by atoms with Crippen LogP contribution < -0.4 is 0 Å². The van der Waals surface area contributed by atoms with Crippen molar-refractivity contribution in [2.75, 3.05) is 13.2 Å². The van der Waals surface area contributed by atoms with Gasteiger partial charge in [-0.05, 0) is 30.2 Å². The highest BCUT2D eigenvalue weighted by Gasteiger charge is 2.79. The van der Waals surface area contributed by atoms with Gasteiger partial charge < -0.3 is 39.4 Å². The van der Waals surface area contributed by atoms with Crippen LogP contribution in [0.15, 0.2) is 41.5 Å². The molecule has 234 valence electrons. The maximum absolute atomic E-state index is 14.9. The van der Waals surface area contributed by atoms with E-state index in [4.69, 9.17) is 18.9 Å². The molecule has 0 spiro atoms. The summed E-state index contributed by atoms with van der Waals surface area (Å²) in [4.78, 5) is 53.6. The maximum atomic E-state index is 14.9. The molecule has 1 heterocycles. The highest BCUT2D eigenvalue weighted by Crippen LogP contribution is 2.64. The summed E-state index contributed by atoms with van der Waals surface area (Å²) in [5.74, 6) is -5.09. The number of fused-ring (bicyclic) bond motifs is 5. The minimum atomic E-state index is -2.28. The Kier molecular flexibility index (Phi) is 7.62. The van der Waals surface area contributed by atoms with Crippen molar-refractivity contribution < 1.29 is 58.6 Å². The Labute approximate surface area is 248 Å². The van der Waals surface area contributed by atoms with Gasteiger partial charge in [0.05, 0.1) is 42.3 Å². The van der Waals surface area contributed by atoms with Crippen LogP contribution in [-0.4, -0.2) is 99.1 Å². The van der Waals surface area contributed by atoms with Crippen LogP contribution in [0, 0.1) is 16.7 Å². The van der Waals surface area contributed by atoms with E-state index in [0.717, 1.165) is 13.8 Å². The third-order valence-corrected chi connectivity index (χ3v) is 10.2. The number of hydrogen-bond acceptors (Lipinski definition) is 12. The van der Waals surface area contributed by atoms with Crippen molar-refractivity contribution in [2.24, 2.45) is 16.7 Å². The lowest BCUT2D eigenvalue weighted by atomic mass is 9.44. The fourth-order valence-electron chi connectivity index (χ4n) is 8.00. The molecule has 5 rings (SSSR count). The standard InChI is InChI=1S/C31H38O12/c1-15-19(35)12-31(39)26(42-27(38)18-9-7-6-8-10-18)24-29(13-32,20(36)11-21-30(24,14-40-21)43-17(3)34)25(37)23(41-16(2)33)22(15)28(31,4)5/h6-10,19-21,23-24,26,32,35-36,39H,11-14H2,1-5H3/t19-,20+,21-,23-,24+,26+,29-,30+,31+/m1/s1. The van der Waals surface area contributed by atoms with Gasteiger partial charge in [0.2, 0.25) is 0 Å². The summed E-state index contributed by atoms with van der Waals surface area (Å²) < 4.78 is 23.3. The molecular formula is C31H38O12. The molecule has 43 heavy (non-hydrogen) atoms. The second kappa shape index (κ2) is 10.5. The van der Waals surface area contributed by atoms with E-state index in [2.05, 4.69) is 0 Å². The Morgan fingerprint density at radius 3 is 2.23 bits per heavy atom. The largest absolute Gasteiger partial charge is 0.455 e.